The van der Waals surface area contributed by atoms with Gasteiger partial charge in [0.15, 0.2) is 0 Å². The van der Waals surface area contributed by atoms with Crippen molar-refractivity contribution in [1.82, 2.24) is 5.32 Å². The number of nitriles is 1. The third kappa shape index (κ3) is 3.25. The Hall–Kier alpha value is -2.08. The molecule has 0 aromatic heterocycles. The van der Waals surface area contributed by atoms with Gasteiger partial charge in [-0.3, -0.25) is 4.79 Å². The molecule has 0 saturated heterocycles. The molecule has 0 heterocycles. The highest BCUT2D eigenvalue weighted by molar-refractivity contribution is 5.86. The Kier molecular flexibility index (Phi) is 4.28. The highest BCUT2D eigenvalue weighted by Crippen LogP contribution is 2.14. The molecule has 0 bridgehead atoms. The predicted octanol–water partition coefficient (Wildman–Crippen LogP) is 1.99. The summed E-state index contributed by atoms with van der Waals surface area (Å²) < 4.78 is 0. The molecule has 0 aliphatic rings. The van der Waals surface area contributed by atoms with E-state index in [9.17, 15) is 4.79 Å². The Morgan fingerprint density at radius 3 is 2.62 bits per heavy atom. The smallest absolute Gasteiger partial charge is 0.242 e. The van der Waals surface area contributed by atoms with Crippen LogP contribution in [0.25, 0.3) is 0 Å². The monoisotopic (exact) mass is 214 g/mol. The van der Waals surface area contributed by atoms with E-state index < -0.39 is 5.92 Å². The van der Waals surface area contributed by atoms with E-state index in [-0.39, 0.29) is 5.91 Å². The van der Waals surface area contributed by atoms with Crippen molar-refractivity contribution in [2.45, 2.75) is 12.8 Å². The van der Waals surface area contributed by atoms with Crippen molar-refractivity contribution in [3.8, 4) is 6.07 Å². The first-order valence-electron chi connectivity index (χ1n) is 5.02. The van der Waals surface area contributed by atoms with Gasteiger partial charge < -0.3 is 5.32 Å². The number of nitrogens with zero attached hydrogens (tertiary/aromatic N) is 1. The molecule has 3 nitrogen and oxygen atoms in total. The van der Waals surface area contributed by atoms with Gasteiger partial charge in [0, 0.05) is 6.54 Å². The average Bonchev–Trinajstić information content (AvgIpc) is 2.29. The summed E-state index contributed by atoms with van der Waals surface area (Å²) >= 11 is 0. The lowest BCUT2D eigenvalue weighted by molar-refractivity contribution is -0.121. The van der Waals surface area contributed by atoms with Crippen LogP contribution in [0.1, 0.15) is 18.4 Å². The first-order chi connectivity index (χ1) is 7.65. The zero-order valence-electron chi connectivity index (χ0n) is 9.23. The van der Waals surface area contributed by atoms with Gasteiger partial charge in [0.25, 0.3) is 0 Å². The van der Waals surface area contributed by atoms with Crippen molar-refractivity contribution in [3.63, 3.8) is 0 Å². The number of amides is 1. The second kappa shape index (κ2) is 5.72. The number of nitrogens with one attached hydrogen (secondary N) is 1. The van der Waals surface area contributed by atoms with Crippen LogP contribution in [-0.4, -0.2) is 12.5 Å². The molecule has 1 N–H and O–H groups in total. The molecule has 0 radical (unpaired) electrons. The minimum atomic E-state index is -0.749. The fourth-order valence-corrected chi connectivity index (χ4v) is 1.27. The molecule has 1 unspecified atom stereocenters. The summed E-state index contributed by atoms with van der Waals surface area (Å²) in [5, 5.41) is 11.7. The van der Waals surface area contributed by atoms with E-state index in [0.29, 0.717) is 12.1 Å². The van der Waals surface area contributed by atoms with Gasteiger partial charge in [-0.15, -0.1) is 0 Å². The molecular formula is C13H14N2O. The van der Waals surface area contributed by atoms with Gasteiger partial charge >= 0.3 is 0 Å². The van der Waals surface area contributed by atoms with Crippen LogP contribution in [0.5, 0.6) is 0 Å². The maximum atomic E-state index is 11.7. The first-order valence-corrected chi connectivity index (χ1v) is 5.02. The fourth-order valence-electron chi connectivity index (χ4n) is 1.27. The van der Waals surface area contributed by atoms with E-state index in [1.807, 2.05) is 31.2 Å². The van der Waals surface area contributed by atoms with E-state index in [4.69, 9.17) is 5.26 Å². The van der Waals surface area contributed by atoms with Gasteiger partial charge in [0.1, 0.15) is 5.92 Å². The normalized spacial score (nSPS) is 11.2. The molecule has 0 spiro atoms. The van der Waals surface area contributed by atoms with Crippen LogP contribution >= 0.6 is 0 Å². The standard InChI is InChI=1S/C13H14N2O/c1-10(2)9-15-13(16)12(8-14)11-6-4-3-5-7-11/h3-7,12H,1,9H2,2H3,(H,15,16). The minimum absolute atomic E-state index is 0.281. The van der Waals surface area contributed by atoms with E-state index >= 15 is 0 Å². The van der Waals surface area contributed by atoms with Gasteiger partial charge in [0.2, 0.25) is 5.91 Å². The number of rotatable bonds is 4. The summed E-state index contributed by atoms with van der Waals surface area (Å²) in [6.45, 7) is 5.92. The molecule has 1 aromatic rings. The second-order valence-corrected chi connectivity index (χ2v) is 3.65. The van der Waals surface area contributed by atoms with Gasteiger partial charge in [0.05, 0.1) is 6.07 Å². The summed E-state index contributed by atoms with van der Waals surface area (Å²) in [5.74, 6) is -1.03. The van der Waals surface area contributed by atoms with Crippen LogP contribution in [0.2, 0.25) is 0 Å². The lowest BCUT2D eigenvalue weighted by Crippen LogP contribution is -2.29. The minimum Gasteiger partial charge on any atom is -0.351 e. The number of hydrogen-bond donors (Lipinski definition) is 1. The van der Waals surface area contributed by atoms with Crippen molar-refractivity contribution in [1.29, 1.82) is 5.26 Å². The summed E-state index contributed by atoms with van der Waals surface area (Å²) in [5.41, 5.74) is 1.57. The van der Waals surface area contributed by atoms with Crippen LogP contribution in [0.3, 0.4) is 0 Å². The number of carbonyl (C=O) groups is 1. The van der Waals surface area contributed by atoms with Crippen LogP contribution in [0.4, 0.5) is 0 Å². The number of hydrogen-bond acceptors (Lipinski definition) is 2. The number of carbonyl (C=O) groups excluding carboxylic acids is 1. The Morgan fingerprint density at radius 2 is 2.12 bits per heavy atom. The lowest BCUT2D eigenvalue weighted by Gasteiger charge is -2.10. The maximum Gasteiger partial charge on any atom is 0.242 e. The van der Waals surface area contributed by atoms with E-state index in [0.717, 1.165) is 5.57 Å². The molecule has 1 amide bonds. The molecule has 16 heavy (non-hydrogen) atoms. The molecule has 1 rings (SSSR count). The zero-order valence-corrected chi connectivity index (χ0v) is 9.23. The van der Waals surface area contributed by atoms with Crippen LogP contribution in [0, 0.1) is 11.3 Å². The van der Waals surface area contributed by atoms with Gasteiger partial charge in [-0.25, -0.2) is 0 Å². The van der Waals surface area contributed by atoms with Gasteiger partial charge in [-0.2, -0.15) is 5.26 Å². The predicted molar refractivity (Wildman–Crippen MR) is 62.6 cm³/mol. The third-order valence-corrected chi connectivity index (χ3v) is 2.09. The maximum absolute atomic E-state index is 11.7. The van der Waals surface area contributed by atoms with Crippen LogP contribution in [-0.2, 0) is 4.79 Å². The topological polar surface area (TPSA) is 52.9 Å². The molecule has 3 heteroatoms. The van der Waals surface area contributed by atoms with Crippen molar-refractivity contribution in [2.24, 2.45) is 0 Å². The summed E-state index contributed by atoms with van der Waals surface area (Å²) in [6, 6.07) is 11.0. The zero-order chi connectivity index (χ0) is 12.0. The average molecular weight is 214 g/mol. The van der Waals surface area contributed by atoms with Crippen LogP contribution in [0.15, 0.2) is 42.5 Å². The first kappa shape index (κ1) is 12.0. The third-order valence-electron chi connectivity index (χ3n) is 2.09. The van der Waals surface area contributed by atoms with Crippen molar-refractivity contribution in [2.75, 3.05) is 6.54 Å². The van der Waals surface area contributed by atoms with Crippen molar-refractivity contribution >= 4 is 5.91 Å². The molecule has 1 aromatic carbocycles. The fraction of sp³-hybridized carbons (Fsp3) is 0.231. The Balaban J connectivity index is 2.73. The van der Waals surface area contributed by atoms with E-state index in [2.05, 4.69) is 11.9 Å². The molecule has 0 fully saturated rings. The molecule has 0 aliphatic heterocycles. The second-order valence-electron chi connectivity index (χ2n) is 3.65. The molecule has 82 valence electrons. The van der Waals surface area contributed by atoms with E-state index in [1.54, 1.807) is 12.1 Å². The quantitative estimate of drug-likeness (QED) is 0.779. The molecule has 0 aliphatic carbocycles. The Bertz CT molecular complexity index is 417. The Morgan fingerprint density at radius 1 is 1.50 bits per heavy atom. The van der Waals surface area contributed by atoms with Gasteiger partial charge in [-0.05, 0) is 12.5 Å². The molecule has 0 saturated carbocycles. The summed E-state index contributed by atoms with van der Waals surface area (Å²) in [4.78, 5) is 11.7. The lowest BCUT2D eigenvalue weighted by atomic mass is 10.00. The summed E-state index contributed by atoms with van der Waals surface area (Å²) in [6.07, 6.45) is 0. The number of benzene rings is 1. The highest BCUT2D eigenvalue weighted by atomic mass is 16.1. The SMILES string of the molecule is C=C(C)CNC(=O)C(C#N)c1ccccc1. The van der Waals surface area contributed by atoms with Crippen LogP contribution < -0.4 is 5.32 Å². The molecule has 1 atom stereocenters. The van der Waals surface area contributed by atoms with Gasteiger partial charge in [-0.1, -0.05) is 42.5 Å². The Labute approximate surface area is 95.4 Å². The highest BCUT2D eigenvalue weighted by Gasteiger charge is 2.18. The van der Waals surface area contributed by atoms with Crippen molar-refractivity contribution < 1.29 is 4.79 Å². The summed E-state index contributed by atoms with van der Waals surface area (Å²) in [7, 11) is 0. The molecular weight excluding hydrogens is 200 g/mol. The van der Waals surface area contributed by atoms with Crippen molar-refractivity contribution in [3.05, 3.63) is 48.0 Å². The van der Waals surface area contributed by atoms with E-state index in [1.165, 1.54) is 0 Å². The largest absolute Gasteiger partial charge is 0.351 e.